The lowest BCUT2D eigenvalue weighted by Crippen LogP contribution is -2.64. The highest BCUT2D eigenvalue weighted by molar-refractivity contribution is 5.96. The summed E-state index contributed by atoms with van der Waals surface area (Å²) in [5.41, 5.74) is -0.321. The smallest absolute Gasteiger partial charge is 0.386 e. The summed E-state index contributed by atoms with van der Waals surface area (Å²) in [4.78, 5) is 11.5. The first kappa shape index (κ1) is 20.3. The molecule has 0 fully saturated rings. The van der Waals surface area contributed by atoms with Crippen LogP contribution in [-0.2, 0) is 0 Å². The largest absolute Gasteiger partial charge is 0.460 e. The van der Waals surface area contributed by atoms with Crippen LogP contribution in [0.2, 0.25) is 0 Å². The third kappa shape index (κ3) is 3.35. The third-order valence-corrected chi connectivity index (χ3v) is 3.06. The van der Waals surface area contributed by atoms with Crippen molar-refractivity contribution < 1.29 is 49.4 Å². The van der Waals surface area contributed by atoms with E-state index in [0.717, 1.165) is 12.1 Å². The minimum atomic E-state index is -7.11. The van der Waals surface area contributed by atoms with Crippen LogP contribution in [0, 0.1) is 0 Å². The van der Waals surface area contributed by atoms with E-state index in [2.05, 4.69) is 0 Å². The van der Waals surface area contributed by atoms with Crippen LogP contribution in [0.1, 0.15) is 16.8 Å². The molecule has 1 aromatic rings. The van der Waals surface area contributed by atoms with Crippen LogP contribution < -0.4 is 0 Å². The maximum absolute atomic E-state index is 13.4. The molecule has 24 heavy (non-hydrogen) atoms. The van der Waals surface area contributed by atoms with Gasteiger partial charge in [-0.1, -0.05) is 30.3 Å². The van der Waals surface area contributed by atoms with Crippen molar-refractivity contribution in [1.82, 2.24) is 0 Å². The van der Waals surface area contributed by atoms with Crippen molar-refractivity contribution in [1.29, 1.82) is 0 Å². The van der Waals surface area contributed by atoms with E-state index in [1.807, 2.05) is 0 Å². The van der Waals surface area contributed by atoms with E-state index in [1.54, 1.807) is 0 Å². The molecule has 0 aromatic heterocycles. The molecule has 0 aliphatic rings. The first-order chi connectivity index (χ1) is 10.7. The monoisotopic (exact) mass is 368 g/mol. The minimum absolute atomic E-state index is 0.321. The van der Waals surface area contributed by atoms with Gasteiger partial charge in [0.2, 0.25) is 0 Å². The quantitative estimate of drug-likeness (QED) is 0.607. The molecule has 1 N–H and O–H groups in total. The van der Waals surface area contributed by atoms with E-state index in [0.29, 0.717) is 0 Å². The summed E-state index contributed by atoms with van der Waals surface area (Å²) in [6.45, 7) is 0. The predicted molar refractivity (Wildman–Crippen MR) is 62.3 cm³/mol. The van der Waals surface area contributed by atoms with E-state index in [-0.39, 0.29) is 5.56 Å². The van der Waals surface area contributed by atoms with Gasteiger partial charge in [-0.25, -0.2) is 0 Å². The summed E-state index contributed by atoms with van der Waals surface area (Å²) in [6.07, 6.45) is -12.5. The SMILES string of the molecule is O=C(CC(O)C(F)(F)C(F)(F)C(F)(F)C(F)(F)F)c1ccccc1. The molecule has 0 radical (unpaired) electrons. The Morgan fingerprint density at radius 1 is 0.875 bits per heavy atom. The number of Topliss-reactive ketones (excluding diaryl/α,β-unsaturated/α-hetero) is 1. The van der Waals surface area contributed by atoms with Gasteiger partial charge in [-0.2, -0.15) is 39.5 Å². The number of halogens is 9. The Morgan fingerprint density at radius 2 is 1.33 bits per heavy atom. The standard InChI is InChI=1S/C13H9F9O2/c14-10(15,11(16,17)12(18,19)13(20,21)22)9(24)6-8(23)7-4-2-1-3-5-7/h1-5,9,24H,6H2. The molecule has 0 amide bonds. The van der Waals surface area contributed by atoms with Crippen molar-refractivity contribution in [2.45, 2.75) is 36.5 Å². The van der Waals surface area contributed by atoms with E-state index in [1.165, 1.54) is 18.2 Å². The van der Waals surface area contributed by atoms with Crippen LogP contribution in [0.4, 0.5) is 39.5 Å². The number of hydrogen-bond acceptors (Lipinski definition) is 2. The zero-order valence-electron chi connectivity index (χ0n) is 11.4. The normalized spacial score (nSPS) is 15.2. The van der Waals surface area contributed by atoms with Gasteiger partial charge in [0.05, 0.1) is 0 Å². The second-order valence-corrected chi connectivity index (χ2v) is 4.78. The van der Waals surface area contributed by atoms with E-state index in [9.17, 15) is 44.3 Å². The van der Waals surface area contributed by atoms with Gasteiger partial charge in [0, 0.05) is 12.0 Å². The first-order valence-corrected chi connectivity index (χ1v) is 6.12. The molecule has 0 saturated heterocycles. The van der Waals surface area contributed by atoms with Crippen molar-refractivity contribution in [3.8, 4) is 0 Å². The number of alkyl halides is 9. The lowest BCUT2D eigenvalue weighted by Gasteiger charge is -2.35. The van der Waals surface area contributed by atoms with Gasteiger partial charge in [-0.15, -0.1) is 0 Å². The van der Waals surface area contributed by atoms with Crippen molar-refractivity contribution in [2.24, 2.45) is 0 Å². The number of aliphatic hydroxyl groups is 1. The summed E-state index contributed by atoms with van der Waals surface area (Å²) in [5.74, 6) is -21.6. The zero-order chi connectivity index (χ0) is 19.0. The number of carbonyl (C=O) groups is 1. The van der Waals surface area contributed by atoms with Gasteiger partial charge in [-0.05, 0) is 0 Å². The Labute approximate surface area is 128 Å². The topological polar surface area (TPSA) is 37.3 Å². The maximum Gasteiger partial charge on any atom is 0.460 e. The molecule has 1 atom stereocenters. The van der Waals surface area contributed by atoms with Crippen LogP contribution in [0.5, 0.6) is 0 Å². The Balaban J connectivity index is 3.07. The highest BCUT2D eigenvalue weighted by atomic mass is 19.4. The number of aliphatic hydroxyl groups excluding tert-OH is 1. The molecular weight excluding hydrogens is 359 g/mol. The van der Waals surface area contributed by atoms with Gasteiger partial charge in [0.15, 0.2) is 5.78 Å². The molecule has 0 aliphatic heterocycles. The molecule has 0 spiro atoms. The molecule has 1 aromatic carbocycles. The highest BCUT2D eigenvalue weighted by Crippen LogP contribution is 2.54. The highest BCUT2D eigenvalue weighted by Gasteiger charge is 2.83. The molecular formula is C13H9F9O2. The number of ketones is 1. The van der Waals surface area contributed by atoms with Crippen LogP contribution in [-0.4, -0.2) is 40.9 Å². The Kier molecular flexibility index (Phi) is 5.29. The van der Waals surface area contributed by atoms with Crippen molar-refractivity contribution >= 4 is 5.78 Å². The van der Waals surface area contributed by atoms with Gasteiger partial charge < -0.3 is 5.11 Å². The Bertz CT molecular complexity index is 581. The summed E-state index contributed by atoms with van der Waals surface area (Å²) in [7, 11) is 0. The molecule has 11 heteroatoms. The fraction of sp³-hybridized carbons (Fsp3) is 0.462. The molecule has 1 unspecified atom stereocenters. The van der Waals surface area contributed by atoms with E-state index in [4.69, 9.17) is 5.11 Å². The van der Waals surface area contributed by atoms with Gasteiger partial charge in [0.25, 0.3) is 0 Å². The third-order valence-electron chi connectivity index (χ3n) is 3.06. The van der Waals surface area contributed by atoms with Crippen molar-refractivity contribution in [3.05, 3.63) is 35.9 Å². The summed E-state index contributed by atoms with van der Waals surface area (Å²) in [6, 6.07) is 6.01. The predicted octanol–water partition coefficient (Wildman–Crippen LogP) is 4.09. The van der Waals surface area contributed by atoms with Crippen molar-refractivity contribution in [3.63, 3.8) is 0 Å². The lowest BCUT2D eigenvalue weighted by atomic mass is 9.94. The number of hydrogen-bond donors (Lipinski definition) is 1. The fourth-order valence-electron chi connectivity index (χ4n) is 1.64. The zero-order valence-corrected chi connectivity index (χ0v) is 11.4. The number of rotatable bonds is 6. The maximum atomic E-state index is 13.4. The second-order valence-electron chi connectivity index (χ2n) is 4.78. The molecule has 0 bridgehead atoms. The second kappa shape index (κ2) is 6.26. The molecule has 2 nitrogen and oxygen atoms in total. The van der Waals surface area contributed by atoms with E-state index < -0.39 is 42.3 Å². The Morgan fingerprint density at radius 3 is 1.75 bits per heavy atom. The Hall–Kier alpha value is -1.78. The average Bonchev–Trinajstić information content (AvgIpc) is 2.46. The van der Waals surface area contributed by atoms with Crippen LogP contribution >= 0.6 is 0 Å². The number of carbonyl (C=O) groups excluding carboxylic acids is 1. The molecule has 0 heterocycles. The van der Waals surface area contributed by atoms with Crippen molar-refractivity contribution in [2.75, 3.05) is 0 Å². The molecule has 0 aliphatic carbocycles. The minimum Gasteiger partial charge on any atom is -0.386 e. The summed E-state index contributed by atoms with van der Waals surface area (Å²) >= 11 is 0. The van der Waals surface area contributed by atoms with Crippen LogP contribution in [0.3, 0.4) is 0 Å². The first-order valence-electron chi connectivity index (χ1n) is 6.12. The average molecular weight is 368 g/mol. The molecule has 1 rings (SSSR count). The summed E-state index contributed by atoms with van der Waals surface area (Å²) < 4.78 is 114. The van der Waals surface area contributed by atoms with Gasteiger partial charge in [0.1, 0.15) is 6.10 Å². The fourth-order valence-corrected chi connectivity index (χ4v) is 1.64. The van der Waals surface area contributed by atoms with Crippen LogP contribution in [0.15, 0.2) is 30.3 Å². The molecule has 136 valence electrons. The van der Waals surface area contributed by atoms with Crippen LogP contribution in [0.25, 0.3) is 0 Å². The summed E-state index contributed by atoms with van der Waals surface area (Å²) in [5, 5.41) is 9.02. The molecule has 0 saturated carbocycles. The van der Waals surface area contributed by atoms with Gasteiger partial charge in [-0.3, -0.25) is 4.79 Å². The van der Waals surface area contributed by atoms with E-state index >= 15 is 0 Å². The lowest BCUT2D eigenvalue weighted by molar-refractivity contribution is -0.405. The van der Waals surface area contributed by atoms with Gasteiger partial charge >= 0.3 is 23.9 Å². The number of benzene rings is 1.